The second-order valence-electron chi connectivity index (χ2n) is 2.67. The SMILES string of the molecule is CN1Sc2c(Br)cccc2C1O. The number of benzene rings is 1. The largest absolute Gasteiger partial charge is 0.373 e. The number of aliphatic hydroxyl groups is 1. The average molecular weight is 246 g/mol. The third-order valence-electron chi connectivity index (χ3n) is 1.86. The van der Waals surface area contributed by atoms with Crippen molar-refractivity contribution in [3.05, 3.63) is 28.2 Å². The first kappa shape index (κ1) is 8.56. The van der Waals surface area contributed by atoms with Gasteiger partial charge < -0.3 is 5.11 Å². The van der Waals surface area contributed by atoms with Crippen LogP contribution in [0, 0.1) is 0 Å². The third-order valence-corrected chi connectivity index (χ3v) is 3.90. The van der Waals surface area contributed by atoms with Gasteiger partial charge >= 0.3 is 0 Å². The molecule has 1 N–H and O–H groups in total. The van der Waals surface area contributed by atoms with E-state index in [-0.39, 0.29) is 0 Å². The lowest BCUT2D eigenvalue weighted by atomic mass is 10.2. The summed E-state index contributed by atoms with van der Waals surface area (Å²) in [5, 5.41) is 9.66. The molecule has 0 fully saturated rings. The highest BCUT2D eigenvalue weighted by atomic mass is 79.9. The Hall–Kier alpha value is -0.0300. The smallest absolute Gasteiger partial charge is 0.143 e. The van der Waals surface area contributed by atoms with E-state index in [1.807, 2.05) is 29.6 Å². The molecule has 0 saturated carbocycles. The van der Waals surface area contributed by atoms with E-state index in [1.165, 1.54) is 0 Å². The van der Waals surface area contributed by atoms with Gasteiger partial charge in [-0.2, -0.15) is 0 Å². The van der Waals surface area contributed by atoms with Gasteiger partial charge in [0.05, 0.1) is 0 Å². The number of hydrogen-bond acceptors (Lipinski definition) is 3. The van der Waals surface area contributed by atoms with Crippen molar-refractivity contribution in [1.82, 2.24) is 4.31 Å². The second-order valence-corrected chi connectivity index (χ2v) is 4.69. The quantitative estimate of drug-likeness (QED) is 0.711. The Bertz CT molecular complexity index is 318. The number of hydrogen-bond donors (Lipinski definition) is 1. The predicted octanol–water partition coefficient (Wildman–Crippen LogP) is 2.39. The Balaban J connectivity index is 2.53. The highest BCUT2D eigenvalue weighted by Crippen LogP contribution is 2.44. The molecule has 0 amide bonds. The van der Waals surface area contributed by atoms with Crippen molar-refractivity contribution in [2.75, 3.05) is 7.05 Å². The third kappa shape index (κ3) is 1.19. The van der Waals surface area contributed by atoms with Gasteiger partial charge in [0, 0.05) is 22.0 Å². The highest BCUT2D eigenvalue weighted by Gasteiger charge is 2.27. The molecule has 0 radical (unpaired) electrons. The molecule has 0 spiro atoms. The minimum absolute atomic E-state index is 0.470. The van der Waals surface area contributed by atoms with E-state index in [0.717, 1.165) is 14.9 Å². The first-order valence-electron chi connectivity index (χ1n) is 3.57. The van der Waals surface area contributed by atoms with Crippen molar-refractivity contribution in [2.45, 2.75) is 11.1 Å². The maximum Gasteiger partial charge on any atom is 0.143 e. The topological polar surface area (TPSA) is 23.5 Å². The van der Waals surface area contributed by atoms with Crippen LogP contribution in [-0.4, -0.2) is 16.5 Å². The van der Waals surface area contributed by atoms with Crippen LogP contribution in [0.15, 0.2) is 27.6 Å². The molecule has 1 atom stereocenters. The number of rotatable bonds is 0. The first-order chi connectivity index (χ1) is 5.70. The average Bonchev–Trinajstić information content (AvgIpc) is 2.32. The van der Waals surface area contributed by atoms with Crippen molar-refractivity contribution in [1.29, 1.82) is 0 Å². The summed E-state index contributed by atoms with van der Waals surface area (Å²) in [6.45, 7) is 0. The maximum atomic E-state index is 9.66. The van der Waals surface area contributed by atoms with Crippen LogP contribution in [0.2, 0.25) is 0 Å². The zero-order chi connectivity index (χ0) is 8.72. The molecule has 2 rings (SSSR count). The predicted molar refractivity (Wildman–Crippen MR) is 52.7 cm³/mol. The molecule has 0 saturated heterocycles. The lowest BCUT2D eigenvalue weighted by Gasteiger charge is -2.10. The first-order valence-corrected chi connectivity index (χ1v) is 5.14. The van der Waals surface area contributed by atoms with Gasteiger partial charge in [-0.15, -0.1) is 0 Å². The summed E-state index contributed by atoms with van der Waals surface area (Å²) in [4.78, 5) is 1.12. The molecule has 1 unspecified atom stereocenters. The van der Waals surface area contributed by atoms with Crippen molar-refractivity contribution in [2.24, 2.45) is 0 Å². The van der Waals surface area contributed by atoms with Gasteiger partial charge in [-0.3, -0.25) is 0 Å². The minimum Gasteiger partial charge on any atom is -0.373 e. The monoisotopic (exact) mass is 245 g/mol. The van der Waals surface area contributed by atoms with Gasteiger partial charge in [-0.05, 0) is 33.9 Å². The molecule has 12 heavy (non-hydrogen) atoms. The Kier molecular flexibility index (Phi) is 2.16. The van der Waals surface area contributed by atoms with Gasteiger partial charge in [-0.25, -0.2) is 4.31 Å². The van der Waals surface area contributed by atoms with E-state index >= 15 is 0 Å². The van der Waals surface area contributed by atoms with Gasteiger partial charge in [0.2, 0.25) is 0 Å². The summed E-state index contributed by atoms with van der Waals surface area (Å²) in [6.07, 6.45) is -0.470. The minimum atomic E-state index is -0.470. The Morgan fingerprint density at radius 3 is 3.00 bits per heavy atom. The number of fused-ring (bicyclic) bond motifs is 1. The van der Waals surface area contributed by atoms with E-state index in [0.29, 0.717) is 0 Å². The molecule has 0 bridgehead atoms. The van der Waals surface area contributed by atoms with E-state index in [1.54, 1.807) is 11.9 Å². The fourth-order valence-corrected chi connectivity index (χ4v) is 2.75. The molecule has 2 nitrogen and oxygen atoms in total. The van der Waals surface area contributed by atoms with E-state index in [9.17, 15) is 5.11 Å². The van der Waals surface area contributed by atoms with Gasteiger partial charge in [0.15, 0.2) is 0 Å². The fraction of sp³-hybridized carbons (Fsp3) is 0.250. The molecule has 64 valence electrons. The molecule has 0 aromatic heterocycles. The van der Waals surface area contributed by atoms with Gasteiger partial charge in [0.1, 0.15) is 6.23 Å². The van der Waals surface area contributed by atoms with E-state index in [2.05, 4.69) is 15.9 Å². The maximum absolute atomic E-state index is 9.66. The zero-order valence-corrected chi connectivity index (χ0v) is 8.89. The van der Waals surface area contributed by atoms with Crippen LogP contribution < -0.4 is 0 Å². The Labute approximate surface area is 83.8 Å². The van der Waals surface area contributed by atoms with Crippen molar-refractivity contribution in [3.8, 4) is 0 Å². The summed E-state index contributed by atoms with van der Waals surface area (Å²) in [6, 6.07) is 5.87. The van der Waals surface area contributed by atoms with Crippen LogP contribution in [0.25, 0.3) is 0 Å². The highest BCUT2D eigenvalue weighted by molar-refractivity contribution is 9.10. The van der Waals surface area contributed by atoms with Crippen molar-refractivity contribution < 1.29 is 5.11 Å². The van der Waals surface area contributed by atoms with Crippen LogP contribution in [-0.2, 0) is 0 Å². The van der Waals surface area contributed by atoms with Crippen LogP contribution in [0.4, 0.5) is 0 Å². The molecule has 1 aromatic carbocycles. The fourth-order valence-electron chi connectivity index (χ4n) is 1.21. The zero-order valence-electron chi connectivity index (χ0n) is 6.49. The van der Waals surface area contributed by atoms with E-state index < -0.39 is 6.23 Å². The summed E-state index contributed by atoms with van der Waals surface area (Å²) < 4.78 is 2.88. The molecule has 1 aliphatic rings. The lowest BCUT2D eigenvalue weighted by molar-refractivity contribution is 0.0906. The summed E-state index contributed by atoms with van der Waals surface area (Å²) >= 11 is 5.01. The Morgan fingerprint density at radius 2 is 2.33 bits per heavy atom. The van der Waals surface area contributed by atoms with Crippen LogP contribution in [0.5, 0.6) is 0 Å². The molecule has 0 aliphatic carbocycles. The molecule has 4 heteroatoms. The van der Waals surface area contributed by atoms with Gasteiger partial charge in [-0.1, -0.05) is 12.1 Å². The molecule has 1 aliphatic heterocycles. The summed E-state index contributed by atoms with van der Waals surface area (Å²) in [5.74, 6) is 0. The number of halogens is 1. The molecular formula is C8H8BrNOS. The van der Waals surface area contributed by atoms with Crippen LogP contribution in [0.1, 0.15) is 11.8 Å². The number of nitrogens with zero attached hydrogens (tertiary/aromatic N) is 1. The van der Waals surface area contributed by atoms with Crippen LogP contribution >= 0.6 is 27.9 Å². The number of aliphatic hydroxyl groups excluding tert-OH is 1. The summed E-state index contributed by atoms with van der Waals surface area (Å²) in [5.41, 5.74) is 0.983. The second kappa shape index (κ2) is 3.03. The molecule has 1 heterocycles. The van der Waals surface area contributed by atoms with Gasteiger partial charge in [0.25, 0.3) is 0 Å². The van der Waals surface area contributed by atoms with Crippen LogP contribution in [0.3, 0.4) is 0 Å². The van der Waals surface area contributed by atoms with E-state index in [4.69, 9.17) is 0 Å². The summed E-state index contributed by atoms with van der Waals surface area (Å²) in [7, 11) is 1.88. The van der Waals surface area contributed by atoms with Crippen molar-refractivity contribution >= 4 is 27.9 Å². The van der Waals surface area contributed by atoms with Crippen molar-refractivity contribution in [3.63, 3.8) is 0 Å². The standard InChI is InChI=1S/C8H8BrNOS/c1-10-8(11)5-3-2-4-6(9)7(5)12-10/h2-4,8,11H,1H3. The molecular weight excluding hydrogens is 238 g/mol. The normalized spacial score (nSPS) is 22.8. The molecule has 1 aromatic rings. The Morgan fingerprint density at radius 1 is 1.58 bits per heavy atom. The lowest BCUT2D eigenvalue weighted by Crippen LogP contribution is -2.10.